The van der Waals surface area contributed by atoms with E-state index >= 15 is 0 Å². The van der Waals surface area contributed by atoms with E-state index in [-0.39, 0.29) is 13.2 Å². The zero-order chi connectivity index (χ0) is 14.5. The summed E-state index contributed by atoms with van der Waals surface area (Å²) >= 11 is 0. The van der Waals surface area contributed by atoms with Gasteiger partial charge in [0.05, 0.1) is 17.9 Å². The standard InChI is InChI=1S/C10H13FN2O5S/c1-18-6-5-12-19(16,17)13-9-7(10(14)15)3-2-4-8(9)11/h2-4,12-13H,5-6H2,1H3,(H,14,15). The lowest BCUT2D eigenvalue weighted by atomic mass is 10.2. The molecule has 0 aliphatic rings. The lowest BCUT2D eigenvalue weighted by Gasteiger charge is -2.11. The van der Waals surface area contributed by atoms with E-state index in [1.165, 1.54) is 13.2 Å². The summed E-state index contributed by atoms with van der Waals surface area (Å²) < 4.78 is 45.2. The molecule has 0 saturated carbocycles. The normalized spacial score (nSPS) is 11.3. The molecule has 3 N–H and O–H groups in total. The number of nitrogens with one attached hydrogen (secondary N) is 2. The number of methoxy groups -OCH3 is 1. The highest BCUT2D eigenvalue weighted by molar-refractivity contribution is 7.90. The number of carbonyl (C=O) groups is 1. The van der Waals surface area contributed by atoms with Crippen molar-refractivity contribution < 1.29 is 27.4 Å². The first-order chi connectivity index (χ1) is 8.87. The van der Waals surface area contributed by atoms with E-state index < -0.39 is 33.2 Å². The molecule has 0 aliphatic heterocycles. The lowest BCUT2D eigenvalue weighted by molar-refractivity contribution is 0.0697. The second kappa shape index (κ2) is 6.45. The van der Waals surface area contributed by atoms with E-state index in [2.05, 4.69) is 9.46 Å². The summed E-state index contributed by atoms with van der Waals surface area (Å²) in [5, 5.41) is 8.86. The third kappa shape index (κ3) is 4.47. The molecule has 0 aromatic heterocycles. The molecule has 19 heavy (non-hydrogen) atoms. The smallest absolute Gasteiger partial charge is 0.337 e. The van der Waals surface area contributed by atoms with E-state index in [4.69, 9.17) is 5.11 Å². The molecule has 106 valence electrons. The van der Waals surface area contributed by atoms with Crippen molar-refractivity contribution in [1.29, 1.82) is 0 Å². The van der Waals surface area contributed by atoms with E-state index in [0.29, 0.717) is 0 Å². The monoisotopic (exact) mass is 292 g/mol. The van der Waals surface area contributed by atoms with Crippen LogP contribution in [-0.4, -0.2) is 39.8 Å². The fraction of sp³-hybridized carbons (Fsp3) is 0.300. The molecule has 0 unspecified atom stereocenters. The Balaban J connectivity index is 2.95. The maximum absolute atomic E-state index is 13.5. The van der Waals surface area contributed by atoms with Gasteiger partial charge in [-0.1, -0.05) is 6.07 Å². The molecule has 0 radical (unpaired) electrons. The van der Waals surface area contributed by atoms with Crippen LogP contribution in [0.25, 0.3) is 0 Å². The minimum atomic E-state index is -4.07. The van der Waals surface area contributed by atoms with Crippen LogP contribution in [0.4, 0.5) is 10.1 Å². The molecule has 0 spiro atoms. The number of ether oxygens (including phenoxy) is 1. The Morgan fingerprint density at radius 3 is 2.74 bits per heavy atom. The largest absolute Gasteiger partial charge is 0.478 e. The first-order valence-corrected chi connectivity index (χ1v) is 6.64. The van der Waals surface area contributed by atoms with Crippen LogP contribution in [0.15, 0.2) is 18.2 Å². The van der Waals surface area contributed by atoms with Crippen LogP contribution in [0.5, 0.6) is 0 Å². The van der Waals surface area contributed by atoms with Gasteiger partial charge >= 0.3 is 5.97 Å². The minimum absolute atomic E-state index is 0.0251. The second-order valence-corrected chi connectivity index (χ2v) is 4.96. The van der Waals surface area contributed by atoms with Gasteiger partial charge in [-0.15, -0.1) is 0 Å². The van der Waals surface area contributed by atoms with Crippen molar-refractivity contribution in [3.8, 4) is 0 Å². The number of benzene rings is 1. The van der Waals surface area contributed by atoms with Gasteiger partial charge in [0.15, 0.2) is 0 Å². The van der Waals surface area contributed by atoms with E-state index in [9.17, 15) is 17.6 Å². The molecule has 1 aromatic carbocycles. The van der Waals surface area contributed by atoms with Crippen molar-refractivity contribution in [2.75, 3.05) is 25.0 Å². The van der Waals surface area contributed by atoms with Crippen LogP contribution in [0, 0.1) is 5.82 Å². The van der Waals surface area contributed by atoms with Crippen molar-refractivity contribution in [3.63, 3.8) is 0 Å². The molecule has 1 aromatic rings. The van der Waals surface area contributed by atoms with Gasteiger partial charge in [0, 0.05) is 13.7 Å². The number of aromatic carboxylic acids is 1. The van der Waals surface area contributed by atoms with Gasteiger partial charge in [-0.25, -0.2) is 9.18 Å². The van der Waals surface area contributed by atoms with Gasteiger partial charge in [-0.2, -0.15) is 13.1 Å². The Labute approximate surface area is 109 Å². The summed E-state index contributed by atoms with van der Waals surface area (Å²) in [6.45, 7) is 0.104. The van der Waals surface area contributed by atoms with Gasteiger partial charge < -0.3 is 9.84 Å². The van der Waals surface area contributed by atoms with Crippen LogP contribution in [0.1, 0.15) is 10.4 Å². The van der Waals surface area contributed by atoms with Crippen molar-refractivity contribution in [2.24, 2.45) is 0 Å². The van der Waals surface area contributed by atoms with E-state index in [0.717, 1.165) is 12.1 Å². The summed E-state index contributed by atoms with van der Waals surface area (Å²) in [6, 6.07) is 3.23. The highest BCUT2D eigenvalue weighted by atomic mass is 32.2. The zero-order valence-corrected chi connectivity index (χ0v) is 10.8. The zero-order valence-electron chi connectivity index (χ0n) is 10.0. The third-order valence-corrected chi connectivity index (χ3v) is 3.14. The van der Waals surface area contributed by atoms with Gasteiger partial charge in [-0.05, 0) is 12.1 Å². The van der Waals surface area contributed by atoms with E-state index in [1.54, 1.807) is 0 Å². The number of halogens is 1. The summed E-state index contributed by atoms with van der Waals surface area (Å²) in [6.07, 6.45) is 0. The van der Waals surface area contributed by atoms with Crippen molar-refractivity contribution in [2.45, 2.75) is 0 Å². The first-order valence-electron chi connectivity index (χ1n) is 5.15. The number of carboxylic acid groups (broad SMARTS) is 1. The molecule has 0 atom stereocenters. The van der Waals surface area contributed by atoms with Gasteiger partial charge in [0.25, 0.3) is 10.2 Å². The molecule has 0 amide bonds. The maximum Gasteiger partial charge on any atom is 0.337 e. The third-order valence-electron chi connectivity index (χ3n) is 2.08. The highest BCUT2D eigenvalue weighted by Gasteiger charge is 2.19. The van der Waals surface area contributed by atoms with Gasteiger partial charge in [0.1, 0.15) is 5.82 Å². The molecule has 0 heterocycles. The average molecular weight is 292 g/mol. The number of carboxylic acids is 1. The highest BCUT2D eigenvalue weighted by Crippen LogP contribution is 2.20. The van der Waals surface area contributed by atoms with Crippen LogP contribution < -0.4 is 9.44 Å². The molecule has 0 fully saturated rings. The molecular weight excluding hydrogens is 279 g/mol. The molecule has 7 nitrogen and oxygen atoms in total. The molecular formula is C10H13FN2O5S. The first kappa shape index (κ1) is 15.3. The fourth-order valence-electron chi connectivity index (χ4n) is 1.25. The molecule has 0 aliphatic carbocycles. The summed E-state index contributed by atoms with van der Waals surface area (Å²) in [4.78, 5) is 10.9. The number of anilines is 1. The van der Waals surface area contributed by atoms with Crippen LogP contribution in [-0.2, 0) is 14.9 Å². The predicted octanol–water partition coefficient (Wildman–Crippen LogP) is 0.417. The molecule has 9 heteroatoms. The Morgan fingerprint density at radius 2 is 2.16 bits per heavy atom. The van der Waals surface area contributed by atoms with Crippen molar-refractivity contribution in [1.82, 2.24) is 4.72 Å². The van der Waals surface area contributed by atoms with Crippen LogP contribution in [0.2, 0.25) is 0 Å². The Hall–Kier alpha value is -1.71. The SMILES string of the molecule is COCCNS(=O)(=O)Nc1c(F)cccc1C(=O)O. The van der Waals surface area contributed by atoms with Crippen LogP contribution in [0.3, 0.4) is 0 Å². The maximum atomic E-state index is 13.5. The fourth-order valence-corrected chi connectivity index (χ4v) is 2.16. The Kier molecular flexibility index (Phi) is 5.21. The Morgan fingerprint density at radius 1 is 1.47 bits per heavy atom. The number of hydrogen-bond donors (Lipinski definition) is 3. The van der Waals surface area contributed by atoms with Gasteiger partial charge in [-0.3, -0.25) is 4.72 Å². The second-order valence-electron chi connectivity index (χ2n) is 3.46. The number of hydrogen-bond acceptors (Lipinski definition) is 4. The average Bonchev–Trinajstić information content (AvgIpc) is 2.31. The quantitative estimate of drug-likeness (QED) is 0.632. The lowest BCUT2D eigenvalue weighted by Crippen LogP contribution is -2.33. The molecule has 0 bridgehead atoms. The number of rotatable bonds is 7. The van der Waals surface area contributed by atoms with Crippen molar-refractivity contribution in [3.05, 3.63) is 29.6 Å². The van der Waals surface area contributed by atoms with Crippen molar-refractivity contribution >= 4 is 21.9 Å². The Bertz CT molecular complexity index is 561. The number of para-hydroxylation sites is 1. The topological polar surface area (TPSA) is 105 Å². The summed E-state index contributed by atoms with van der Waals surface area (Å²) in [7, 11) is -2.68. The predicted molar refractivity (Wildman–Crippen MR) is 65.8 cm³/mol. The van der Waals surface area contributed by atoms with E-state index in [1.807, 2.05) is 4.72 Å². The molecule has 0 saturated heterocycles. The van der Waals surface area contributed by atoms with Crippen LogP contribution >= 0.6 is 0 Å². The minimum Gasteiger partial charge on any atom is -0.478 e. The van der Waals surface area contributed by atoms with Gasteiger partial charge in [0.2, 0.25) is 0 Å². The summed E-state index contributed by atoms with van der Waals surface area (Å²) in [5.41, 5.74) is -1.09. The molecule has 1 rings (SSSR count). The summed E-state index contributed by atoms with van der Waals surface area (Å²) in [5.74, 6) is -2.41.